The van der Waals surface area contributed by atoms with Crippen LogP contribution in [0.3, 0.4) is 0 Å². The topological polar surface area (TPSA) is 72.2 Å². The van der Waals surface area contributed by atoms with Gasteiger partial charge in [-0.05, 0) is 30.5 Å². The van der Waals surface area contributed by atoms with E-state index >= 15 is 0 Å². The maximum absolute atomic E-state index is 12.8. The Bertz CT molecular complexity index is 550. The van der Waals surface area contributed by atoms with E-state index < -0.39 is 15.6 Å². The maximum Gasteiger partial charge on any atom is 0.215 e. The van der Waals surface area contributed by atoms with Gasteiger partial charge in [0.05, 0.1) is 5.75 Å². The van der Waals surface area contributed by atoms with Crippen molar-refractivity contribution in [3.05, 3.63) is 35.6 Å². The summed E-state index contributed by atoms with van der Waals surface area (Å²) in [5, 5.41) is 0. The molecule has 0 atom stereocenters. The summed E-state index contributed by atoms with van der Waals surface area (Å²) in [5.74, 6) is -0.521. The Balaban J connectivity index is 1.92. The lowest BCUT2D eigenvalue weighted by molar-refractivity contribution is 0.369. The van der Waals surface area contributed by atoms with Gasteiger partial charge in [0.25, 0.3) is 0 Å². The van der Waals surface area contributed by atoms with Crippen LogP contribution in [-0.2, 0) is 15.8 Å². The third-order valence-electron chi connectivity index (χ3n) is 4.01. The first-order chi connectivity index (χ1) is 9.89. The number of benzene rings is 1. The van der Waals surface area contributed by atoms with Crippen molar-refractivity contribution in [2.24, 2.45) is 5.73 Å². The van der Waals surface area contributed by atoms with Gasteiger partial charge in [-0.1, -0.05) is 37.8 Å². The highest BCUT2D eigenvalue weighted by Gasteiger charge is 2.27. The molecule has 1 aliphatic carbocycles. The van der Waals surface area contributed by atoms with Gasteiger partial charge in [-0.3, -0.25) is 0 Å². The van der Waals surface area contributed by atoms with Crippen molar-refractivity contribution < 1.29 is 12.8 Å². The number of nitrogens with one attached hydrogen (secondary N) is 1. The lowest BCUT2D eigenvalue weighted by atomic mass is 9.92. The van der Waals surface area contributed by atoms with E-state index in [9.17, 15) is 12.8 Å². The Morgan fingerprint density at radius 1 is 1.10 bits per heavy atom. The van der Waals surface area contributed by atoms with Crippen molar-refractivity contribution in [1.29, 1.82) is 0 Å². The van der Waals surface area contributed by atoms with Crippen molar-refractivity contribution in [3.63, 3.8) is 0 Å². The summed E-state index contributed by atoms with van der Waals surface area (Å²) in [6.45, 7) is 0.274. The summed E-state index contributed by atoms with van der Waals surface area (Å²) < 4.78 is 39.6. The smallest absolute Gasteiger partial charge is 0.215 e. The van der Waals surface area contributed by atoms with Crippen LogP contribution in [0.4, 0.5) is 4.39 Å². The Morgan fingerprint density at radius 3 is 2.24 bits per heavy atom. The van der Waals surface area contributed by atoms with Crippen LogP contribution >= 0.6 is 0 Å². The second-order valence-electron chi connectivity index (χ2n) is 5.98. The molecular weight excluding hydrogens is 291 g/mol. The summed E-state index contributed by atoms with van der Waals surface area (Å²) in [7, 11) is -3.45. The highest BCUT2D eigenvalue weighted by Crippen LogP contribution is 2.24. The third-order valence-corrected chi connectivity index (χ3v) is 5.31. The molecule has 1 fully saturated rings. The lowest BCUT2D eigenvalue weighted by Crippen LogP contribution is -2.49. The second-order valence-corrected chi connectivity index (χ2v) is 7.79. The summed E-state index contributed by atoms with van der Waals surface area (Å²) in [5.41, 5.74) is 6.43. The van der Waals surface area contributed by atoms with E-state index in [4.69, 9.17) is 5.73 Å². The zero-order chi connectivity index (χ0) is 15.3. The molecule has 1 aromatic carbocycles. The summed E-state index contributed by atoms with van der Waals surface area (Å²) in [6, 6.07) is 5.50. The molecule has 0 aliphatic heterocycles. The summed E-state index contributed by atoms with van der Waals surface area (Å²) in [4.78, 5) is 0. The minimum atomic E-state index is -3.45. The molecule has 0 unspecified atom stereocenters. The lowest BCUT2D eigenvalue weighted by Gasteiger charge is -2.28. The number of hydrogen-bond donors (Lipinski definition) is 2. The first-order valence-electron chi connectivity index (χ1n) is 7.39. The van der Waals surface area contributed by atoms with E-state index in [-0.39, 0.29) is 18.1 Å². The molecule has 1 aromatic rings. The highest BCUT2D eigenvalue weighted by atomic mass is 32.2. The first kappa shape index (κ1) is 16.4. The molecule has 0 spiro atoms. The van der Waals surface area contributed by atoms with Gasteiger partial charge in [0.1, 0.15) is 5.82 Å². The molecule has 0 amide bonds. The Hall–Kier alpha value is -0.980. The molecule has 21 heavy (non-hydrogen) atoms. The van der Waals surface area contributed by atoms with Crippen LogP contribution in [0.25, 0.3) is 0 Å². The van der Waals surface area contributed by atoms with E-state index in [0.717, 1.165) is 25.7 Å². The van der Waals surface area contributed by atoms with Crippen LogP contribution in [0, 0.1) is 5.82 Å². The largest absolute Gasteiger partial charge is 0.324 e. The fraction of sp³-hybridized carbons (Fsp3) is 0.600. The SMILES string of the molecule is NC1(CNS(=O)(=O)Cc2ccc(F)cc2)CCCCCC1. The number of nitrogens with two attached hydrogens (primary N) is 1. The molecule has 3 N–H and O–H groups in total. The van der Waals surface area contributed by atoms with Crippen LogP contribution in [0.5, 0.6) is 0 Å². The minimum Gasteiger partial charge on any atom is -0.324 e. The van der Waals surface area contributed by atoms with Gasteiger partial charge in [0.2, 0.25) is 10.0 Å². The molecule has 2 rings (SSSR count). The molecule has 0 aromatic heterocycles. The molecule has 118 valence electrons. The van der Waals surface area contributed by atoms with Crippen LogP contribution < -0.4 is 10.5 Å². The van der Waals surface area contributed by atoms with E-state index in [1.807, 2.05) is 0 Å². The van der Waals surface area contributed by atoms with Gasteiger partial charge in [-0.2, -0.15) is 0 Å². The zero-order valence-electron chi connectivity index (χ0n) is 12.1. The molecule has 1 aliphatic rings. The van der Waals surface area contributed by atoms with Crippen LogP contribution in [-0.4, -0.2) is 20.5 Å². The van der Waals surface area contributed by atoms with Gasteiger partial charge < -0.3 is 5.73 Å². The molecule has 0 radical (unpaired) electrons. The number of sulfonamides is 1. The van der Waals surface area contributed by atoms with Crippen molar-refractivity contribution >= 4 is 10.0 Å². The van der Waals surface area contributed by atoms with Crippen LogP contribution in [0.1, 0.15) is 44.1 Å². The number of rotatable bonds is 5. The second kappa shape index (κ2) is 6.85. The van der Waals surface area contributed by atoms with Gasteiger partial charge in [-0.15, -0.1) is 0 Å². The van der Waals surface area contributed by atoms with Crippen molar-refractivity contribution in [2.75, 3.05) is 6.54 Å². The molecular formula is C15H23FN2O2S. The fourth-order valence-corrected chi connectivity index (χ4v) is 3.95. The maximum atomic E-state index is 12.8. The van der Waals surface area contributed by atoms with E-state index in [0.29, 0.717) is 5.56 Å². The van der Waals surface area contributed by atoms with Crippen molar-refractivity contribution in [2.45, 2.75) is 49.8 Å². The normalized spacial score (nSPS) is 19.1. The third kappa shape index (κ3) is 5.37. The number of hydrogen-bond acceptors (Lipinski definition) is 3. The summed E-state index contributed by atoms with van der Waals surface area (Å²) >= 11 is 0. The standard InChI is InChI=1S/C15H23FN2O2S/c16-14-7-5-13(6-8-14)11-21(19,20)18-12-15(17)9-3-1-2-4-10-15/h5-8,18H,1-4,9-12,17H2. The predicted molar refractivity (Wildman–Crippen MR) is 81.6 cm³/mol. The van der Waals surface area contributed by atoms with Crippen LogP contribution in [0.2, 0.25) is 0 Å². The average Bonchev–Trinajstić information content (AvgIpc) is 2.65. The van der Waals surface area contributed by atoms with Crippen LogP contribution in [0.15, 0.2) is 24.3 Å². The fourth-order valence-electron chi connectivity index (χ4n) is 2.71. The molecule has 4 nitrogen and oxygen atoms in total. The monoisotopic (exact) mass is 314 g/mol. The van der Waals surface area contributed by atoms with E-state index in [1.54, 1.807) is 0 Å². The zero-order valence-corrected chi connectivity index (χ0v) is 13.0. The minimum absolute atomic E-state index is 0.149. The quantitative estimate of drug-likeness (QED) is 0.819. The molecule has 0 saturated heterocycles. The highest BCUT2D eigenvalue weighted by molar-refractivity contribution is 7.88. The van der Waals surface area contributed by atoms with E-state index in [2.05, 4.69) is 4.72 Å². The molecule has 0 heterocycles. The first-order valence-corrected chi connectivity index (χ1v) is 9.05. The van der Waals surface area contributed by atoms with Gasteiger partial charge >= 0.3 is 0 Å². The predicted octanol–water partition coefficient (Wildman–Crippen LogP) is 2.30. The van der Waals surface area contributed by atoms with Crippen molar-refractivity contribution in [1.82, 2.24) is 4.72 Å². The number of halogens is 1. The Morgan fingerprint density at radius 2 is 1.67 bits per heavy atom. The Kier molecular flexibility index (Phi) is 5.35. The average molecular weight is 314 g/mol. The van der Waals surface area contributed by atoms with Gasteiger partial charge in [0, 0.05) is 12.1 Å². The van der Waals surface area contributed by atoms with Crippen molar-refractivity contribution in [3.8, 4) is 0 Å². The van der Waals surface area contributed by atoms with E-state index in [1.165, 1.54) is 37.1 Å². The van der Waals surface area contributed by atoms with Gasteiger partial charge in [-0.25, -0.2) is 17.5 Å². The Labute approximate surface area is 126 Å². The molecule has 1 saturated carbocycles. The molecule has 6 heteroatoms. The molecule has 0 bridgehead atoms. The summed E-state index contributed by atoms with van der Waals surface area (Å²) in [6.07, 6.45) is 6.15. The van der Waals surface area contributed by atoms with Gasteiger partial charge in [0.15, 0.2) is 0 Å².